The molecule has 0 spiro atoms. The Morgan fingerprint density at radius 2 is 1.34 bits per heavy atom. The first-order valence-electron chi connectivity index (χ1n) is 11.4. The summed E-state index contributed by atoms with van der Waals surface area (Å²) in [6, 6.07) is 0. The molecule has 1 saturated heterocycles. The molecule has 0 radical (unpaired) electrons. The van der Waals surface area contributed by atoms with Crippen LogP contribution in [0, 0.1) is 19.3 Å². The zero-order chi connectivity index (χ0) is 23.1. The Hall–Kier alpha value is -2.68. The summed E-state index contributed by atoms with van der Waals surface area (Å²) in [4.78, 5) is 25.0. The van der Waals surface area contributed by atoms with Crippen molar-refractivity contribution in [2.24, 2.45) is 19.5 Å². The average molecular weight is 445 g/mol. The molecule has 32 heavy (non-hydrogen) atoms. The monoisotopic (exact) mass is 444 g/mol. The lowest BCUT2D eigenvalue weighted by Gasteiger charge is -2.37. The van der Waals surface area contributed by atoms with Gasteiger partial charge < -0.3 is 15.4 Å². The van der Waals surface area contributed by atoms with Crippen LogP contribution in [-0.4, -0.2) is 57.7 Å². The first-order chi connectivity index (χ1) is 15.3. The van der Waals surface area contributed by atoms with E-state index in [0.29, 0.717) is 52.0 Å². The van der Waals surface area contributed by atoms with Crippen molar-refractivity contribution in [1.82, 2.24) is 30.2 Å². The number of aryl methyl sites for hydroxylation is 4. The van der Waals surface area contributed by atoms with Crippen LogP contribution in [0.3, 0.4) is 0 Å². The largest absolute Gasteiger partial charge is 0.381 e. The van der Waals surface area contributed by atoms with E-state index in [1.165, 1.54) is 0 Å². The summed E-state index contributed by atoms with van der Waals surface area (Å²) in [5, 5.41) is 14.7. The molecule has 0 unspecified atom stereocenters. The minimum Gasteiger partial charge on any atom is -0.381 e. The number of nitrogens with one attached hydrogen (secondary N) is 2. The third-order valence-electron chi connectivity index (χ3n) is 6.79. The number of ether oxygens (including phenoxy) is 1. The molecule has 1 aliphatic rings. The molecule has 2 aromatic rings. The van der Waals surface area contributed by atoms with Crippen LogP contribution in [-0.2, 0) is 41.3 Å². The maximum atomic E-state index is 12.5. The second-order valence-electron chi connectivity index (χ2n) is 8.92. The van der Waals surface area contributed by atoms with Gasteiger partial charge in [-0.25, -0.2) is 0 Å². The van der Waals surface area contributed by atoms with E-state index in [0.717, 1.165) is 35.4 Å². The van der Waals surface area contributed by atoms with Crippen LogP contribution in [0.4, 0.5) is 0 Å². The van der Waals surface area contributed by atoms with Crippen molar-refractivity contribution >= 4 is 11.8 Å². The molecule has 0 bridgehead atoms. The molecule has 0 aromatic carbocycles. The molecule has 9 heteroatoms. The third-order valence-corrected chi connectivity index (χ3v) is 6.79. The van der Waals surface area contributed by atoms with Crippen molar-refractivity contribution in [3.05, 3.63) is 34.9 Å². The molecule has 1 fully saturated rings. The number of hydrogen-bond acceptors (Lipinski definition) is 5. The lowest BCUT2D eigenvalue weighted by molar-refractivity contribution is -0.122. The van der Waals surface area contributed by atoms with Gasteiger partial charge in [-0.15, -0.1) is 0 Å². The van der Waals surface area contributed by atoms with E-state index < -0.39 is 0 Å². The van der Waals surface area contributed by atoms with E-state index in [1.807, 2.05) is 49.7 Å². The predicted molar refractivity (Wildman–Crippen MR) is 121 cm³/mol. The SMILES string of the molecule is Cc1c(CCC(=O)NCC2(CNC(=O)CCc3cnn(C)c3C)CCOCC2)cnn1C. The highest BCUT2D eigenvalue weighted by Crippen LogP contribution is 2.29. The quantitative estimate of drug-likeness (QED) is 0.576. The Kier molecular flexibility index (Phi) is 8.06. The number of hydrogen-bond donors (Lipinski definition) is 2. The minimum absolute atomic E-state index is 0.0255. The first-order valence-corrected chi connectivity index (χ1v) is 11.4. The first kappa shape index (κ1) is 24.0. The molecule has 1 aliphatic heterocycles. The summed E-state index contributed by atoms with van der Waals surface area (Å²) < 4.78 is 9.18. The van der Waals surface area contributed by atoms with Crippen molar-refractivity contribution in [2.75, 3.05) is 26.3 Å². The zero-order valence-corrected chi connectivity index (χ0v) is 19.7. The fraction of sp³-hybridized carbons (Fsp3) is 0.652. The number of rotatable bonds is 10. The van der Waals surface area contributed by atoms with E-state index in [4.69, 9.17) is 4.74 Å². The lowest BCUT2D eigenvalue weighted by atomic mass is 9.80. The lowest BCUT2D eigenvalue weighted by Crippen LogP contribution is -2.48. The molecule has 3 heterocycles. The Labute approximate surface area is 189 Å². The van der Waals surface area contributed by atoms with Gasteiger partial charge >= 0.3 is 0 Å². The summed E-state index contributed by atoms with van der Waals surface area (Å²) in [6.07, 6.45) is 7.48. The number of aromatic nitrogens is 4. The van der Waals surface area contributed by atoms with E-state index in [2.05, 4.69) is 20.8 Å². The zero-order valence-electron chi connectivity index (χ0n) is 19.7. The normalized spacial score (nSPS) is 15.5. The van der Waals surface area contributed by atoms with Crippen molar-refractivity contribution in [3.8, 4) is 0 Å². The Balaban J connectivity index is 1.46. The standard InChI is InChI=1S/C23H36N6O3/c1-17-19(13-26-28(17)3)5-7-21(30)24-15-23(9-11-32-12-10-23)16-25-22(31)8-6-20-14-27-29(4)18(20)2/h13-14H,5-12,15-16H2,1-4H3,(H,24,30)(H,25,31). The molecule has 0 saturated carbocycles. The van der Waals surface area contributed by atoms with Crippen molar-refractivity contribution in [1.29, 1.82) is 0 Å². The predicted octanol–water partition coefficient (Wildman–Crippen LogP) is 1.37. The molecule has 3 rings (SSSR count). The Morgan fingerprint density at radius 3 is 1.72 bits per heavy atom. The number of carbonyl (C=O) groups excluding carboxylic acids is 2. The summed E-state index contributed by atoms with van der Waals surface area (Å²) in [5.41, 5.74) is 4.20. The van der Waals surface area contributed by atoms with Gasteiger partial charge in [0.15, 0.2) is 0 Å². The molecule has 2 amide bonds. The van der Waals surface area contributed by atoms with Gasteiger partial charge in [-0.1, -0.05) is 0 Å². The number of amides is 2. The van der Waals surface area contributed by atoms with E-state index >= 15 is 0 Å². The van der Waals surface area contributed by atoms with Crippen LogP contribution in [0.2, 0.25) is 0 Å². The second-order valence-corrected chi connectivity index (χ2v) is 8.92. The van der Waals surface area contributed by atoms with Crippen LogP contribution in [0.1, 0.15) is 48.2 Å². The van der Waals surface area contributed by atoms with Crippen LogP contribution in [0.5, 0.6) is 0 Å². The molecule has 0 aliphatic carbocycles. The van der Waals surface area contributed by atoms with Crippen molar-refractivity contribution in [3.63, 3.8) is 0 Å². The molecular weight excluding hydrogens is 408 g/mol. The molecule has 176 valence electrons. The minimum atomic E-state index is -0.169. The van der Waals surface area contributed by atoms with Crippen LogP contribution in [0.25, 0.3) is 0 Å². The van der Waals surface area contributed by atoms with Gasteiger partial charge in [-0.2, -0.15) is 10.2 Å². The van der Waals surface area contributed by atoms with Gasteiger partial charge in [0.2, 0.25) is 11.8 Å². The second kappa shape index (κ2) is 10.8. The van der Waals surface area contributed by atoms with E-state index in [1.54, 1.807) is 0 Å². The summed E-state index contributed by atoms with van der Waals surface area (Å²) in [7, 11) is 3.81. The third kappa shape index (κ3) is 6.18. The molecule has 9 nitrogen and oxygen atoms in total. The summed E-state index contributed by atoms with van der Waals surface area (Å²) >= 11 is 0. The summed E-state index contributed by atoms with van der Waals surface area (Å²) in [6.45, 7) is 6.41. The van der Waals surface area contributed by atoms with Gasteiger partial charge in [-0.05, 0) is 50.7 Å². The van der Waals surface area contributed by atoms with Gasteiger partial charge in [0.05, 0.1) is 12.4 Å². The smallest absolute Gasteiger partial charge is 0.220 e. The number of carbonyl (C=O) groups is 2. The topological polar surface area (TPSA) is 103 Å². The van der Waals surface area contributed by atoms with Gasteiger partial charge in [0, 0.05) is 70.0 Å². The van der Waals surface area contributed by atoms with Gasteiger partial charge in [0.1, 0.15) is 0 Å². The van der Waals surface area contributed by atoms with Crippen LogP contribution >= 0.6 is 0 Å². The van der Waals surface area contributed by atoms with E-state index in [9.17, 15) is 9.59 Å². The van der Waals surface area contributed by atoms with Crippen LogP contribution in [0.15, 0.2) is 12.4 Å². The highest BCUT2D eigenvalue weighted by Gasteiger charge is 2.33. The molecule has 2 N–H and O–H groups in total. The molecular formula is C23H36N6O3. The Morgan fingerprint density at radius 1 is 0.906 bits per heavy atom. The molecule has 0 atom stereocenters. The highest BCUT2D eigenvalue weighted by atomic mass is 16.5. The van der Waals surface area contributed by atoms with Crippen molar-refractivity contribution < 1.29 is 14.3 Å². The molecule has 2 aromatic heterocycles. The van der Waals surface area contributed by atoms with E-state index in [-0.39, 0.29) is 17.2 Å². The average Bonchev–Trinajstić information content (AvgIpc) is 3.29. The van der Waals surface area contributed by atoms with Crippen molar-refractivity contribution in [2.45, 2.75) is 52.4 Å². The fourth-order valence-corrected chi connectivity index (χ4v) is 4.05. The van der Waals surface area contributed by atoms with Gasteiger partial charge in [0.25, 0.3) is 0 Å². The fourth-order valence-electron chi connectivity index (χ4n) is 4.05. The number of nitrogens with zero attached hydrogens (tertiary/aromatic N) is 4. The van der Waals surface area contributed by atoms with Crippen LogP contribution < -0.4 is 10.6 Å². The van der Waals surface area contributed by atoms with Gasteiger partial charge in [-0.3, -0.25) is 19.0 Å². The maximum absolute atomic E-state index is 12.5. The summed E-state index contributed by atoms with van der Waals surface area (Å²) in [5.74, 6) is 0.0509. The highest BCUT2D eigenvalue weighted by molar-refractivity contribution is 5.77. The Bertz CT molecular complexity index is 858. The maximum Gasteiger partial charge on any atom is 0.220 e.